The van der Waals surface area contributed by atoms with E-state index in [9.17, 15) is 23.3 Å². The molecule has 1 fully saturated rings. The van der Waals surface area contributed by atoms with Crippen LogP contribution in [-0.2, 0) is 21.2 Å². The number of carbonyl (C=O) groups excluding carboxylic acids is 1. The van der Waals surface area contributed by atoms with Gasteiger partial charge in [0.15, 0.2) is 0 Å². The number of non-ortho nitro benzene ring substituents is 1. The van der Waals surface area contributed by atoms with E-state index in [4.69, 9.17) is 11.6 Å². The van der Waals surface area contributed by atoms with Gasteiger partial charge >= 0.3 is 0 Å². The summed E-state index contributed by atoms with van der Waals surface area (Å²) in [6.45, 7) is 0.872. The maximum absolute atomic E-state index is 13.2. The number of amides is 1. The first kappa shape index (κ1) is 20.8. The number of anilines is 1. The van der Waals surface area contributed by atoms with Crippen LogP contribution in [0, 0.1) is 16.0 Å². The predicted molar refractivity (Wildman–Crippen MR) is 112 cm³/mol. The molecule has 1 atom stereocenters. The molecule has 0 saturated carbocycles. The van der Waals surface area contributed by atoms with E-state index in [2.05, 4.69) is 0 Å². The van der Waals surface area contributed by atoms with Gasteiger partial charge in [-0.05, 0) is 49.1 Å². The summed E-state index contributed by atoms with van der Waals surface area (Å²) in [5, 5.41) is 11.6. The standard InChI is InChI=1S/C20H20ClN3O5S/c21-16-4-7-18(8-5-16)30(28,29)22-10-1-2-15(13-22)20(25)23-11-9-14-3-6-17(24(26)27)12-19(14)23/h3-8,12,15H,1-2,9-11,13H2. The Morgan fingerprint density at radius 2 is 1.87 bits per heavy atom. The summed E-state index contributed by atoms with van der Waals surface area (Å²) in [5.74, 6) is -0.684. The lowest BCUT2D eigenvalue weighted by atomic mass is 9.98. The van der Waals surface area contributed by atoms with Crippen molar-refractivity contribution in [1.82, 2.24) is 4.31 Å². The Kier molecular flexibility index (Phi) is 5.52. The van der Waals surface area contributed by atoms with Gasteiger partial charge in [0.25, 0.3) is 5.69 Å². The zero-order chi connectivity index (χ0) is 21.5. The first-order chi connectivity index (χ1) is 14.3. The van der Waals surface area contributed by atoms with Gasteiger partial charge in [-0.1, -0.05) is 17.7 Å². The highest BCUT2D eigenvalue weighted by molar-refractivity contribution is 7.89. The van der Waals surface area contributed by atoms with Gasteiger partial charge < -0.3 is 4.90 Å². The van der Waals surface area contributed by atoms with Crippen LogP contribution >= 0.6 is 11.6 Å². The van der Waals surface area contributed by atoms with Gasteiger partial charge in [-0.3, -0.25) is 14.9 Å². The molecule has 158 valence electrons. The Morgan fingerprint density at radius 3 is 2.57 bits per heavy atom. The number of nitrogens with zero attached hydrogens (tertiary/aromatic N) is 3. The van der Waals surface area contributed by atoms with Crippen LogP contribution in [0.2, 0.25) is 5.02 Å². The van der Waals surface area contributed by atoms with Gasteiger partial charge in [-0.25, -0.2) is 8.42 Å². The van der Waals surface area contributed by atoms with Crippen LogP contribution in [0.25, 0.3) is 0 Å². The molecule has 8 nitrogen and oxygen atoms in total. The van der Waals surface area contributed by atoms with Crippen molar-refractivity contribution in [2.45, 2.75) is 24.2 Å². The molecule has 10 heteroatoms. The first-order valence-corrected chi connectivity index (χ1v) is 11.4. The van der Waals surface area contributed by atoms with E-state index in [0.29, 0.717) is 43.1 Å². The van der Waals surface area contributed by atoms with Gasteiger partial charge in [0.05, 0.1) is 21.4 Å². The maximum atomic E-state index is 13.2. The lowest BCUT2D eigenvalue weighted by molar-refractivity contribution is -0.384. The average Bonchev–Trinajstić information content (AvgIpc) is 3.17. The number of nitro benzene ring substituents is 1. The molecule has 0 spiro atoms. The number of halogens is 1. The lowest BCUT2D eigenvalue weighted by Gasteiger charge is -2.33. The number of carbonyl (C=O) groups is 1. The lowest BCUT2D eigenvalue weighted by Crippen LogP contribution is -2.46. The summed E-state index contributed by atoms with van der Waals surface area (Å²) in [4.78, 5) is 25.5. The highest BCUT2D eigenvalue weighted by Gasteiger charge is 2.37. The second-order valence-electron chi connectivity index (χ2n) is 7.47. The van der Waals surface area contributed by atoms with Crippen LogP contribution in [0.5, 0.6) is 0 Å². The smallest absolute Gasteiger partial charge is 0.271 e. The maximum Gasteiger partial charge on any atom is 0.271 e. The topological polar surface area (TPSA) is 101 Å². The normalized spacial score (nSPS) is 19.5. The number of benzene rings is 2. The number of hydrogen-bond donors (Lipinski definition) is 0. The zero-order valence-electron chi connectivity index (χ0n) is 16.0. The van der Waals surface area contributed by atoms with Gasteiger partial charge in [0.1, 0.15) is 0 Å². The van der Waals surface area contributed by atoms with Crippen molar-refractivity contribution >= 4 is 38.9 Å². The predicted octanol–water partition coefficient (Wildman–Crippen LogP) is 3.24. The Morgan fingerprint density at radius 1 is 1.13 bits per heavy atom. The summed E-state index contributed by atoms with van der Waals surface area (Å²) in [5.41, 5.74) is 1.37. The third-order valence-electron chi connectivity index (χ3n) is 5.63. The van der Waals surface area contributed by atoms with Gasteiger partial charge in [0.2, 0.25) is 15.9 Å². The third kappa shape index (κ3) is 3.80. The fraction of sp³-hybridized carbons (Fsp3) is 0.350. The Hall–Kier alpha value is -2.49. The number of sulfonamides is 1. The number of nitro groups is 1. The molecule has 4 rings (SSSR count). The van der Waals surface area contributed by atoms with E-state index in [1.54, 1.807) is 11.0 Å². The van der Waals surface area contributed by atoms with Gasteiger partial charge in [-0.15, -0.1) is 0 Å². The molecule has 0 aromatic heterocycles. The Balaban J connectivity index is 1.55. The number of rotatable bonds is 4. The summed E-state index contributed by atoms with van der Waals surface area (Å²) >= 11 is 5.86. The molecule has 0 bridgehead atoms. The molecule has 2 aliphatic rings. The molecule has 1 amide bonds. The zero-order valence-corrected chi connectivity index (χ0v) is 17.6. The van der Waals surface area contributed by atoms with Crippen LogP contribution in [-0.4, -0.2) is 43.2 Å². The molecule has 1 unspecified atom stereocenters. The van der Waals surface area contributed by atoms with Crippen LogP contribution in [0.3, 0.4) is 0 Å². The number of piperidine rings is 1. The molecule has 2 aromatic rings. The quantitative estimate of drug-likeness (QED) is 0.526. The summed E-state index contributed by atoms with van der Waals surface area (Å²) < 4.78 is 27.3. The number of hydrogen-bond acceptors (Lipinski definition) is 5. The summed E-state index contributed by atoms with van der Waals surface area (Å²) in [6.07, 6.45) is 1.77. The first-order valence-electron chi connectivity index (χ1n) is 9.62. The molecular weight excluding hydrogens is 430 g/mol. The SMILES string of the molecule is O=C(C1CCCN(S(=O)(=O)c2ccc(Cl)cc2)C1)N1CCc2ccc([N+](=O)[O-])cc21. The second-order valence-corrected chi connectivity index (χ2v) is 9.84. The minimum atomic E-state index is -3.73. The van der Waals surface area contributed by atoms with Crippen molar-refractivity contribution in [3.8, 4) is 0 Å². The average molecular weight is 450 g/mol. The van der Waals surface area contributed by atoms with Crippen molar-refractivity contribution in [2.24, 2.45) is 5.92 Å². The van der Waals surface area contributed by atoms with E-state index >= 15 is 0 Å². The Labute approximate surface area is 179 Å². The van der Waals surface area contributed by atoms with E-state index < -0.39 is 20.9 Å². The minimum Gasteiger partial charge on any atom is -0.311 e. The van der Waals surface area contributed by atoms with Crippen molar-refractivity contribution in [3.05, 3.63) is 63.2 Å². The summed E-state index contributed by atoms with van der Waals surface area (Å²) in [6, 6.07) is 10.5. The van der Waals surface area contributed by atoms with Crippen molar-refractivity contribution in [2.75, 3.05) is 24.5 Å². The monoisotopic (exact) mass is 449 g/mol. The summed E-state index contributed by atoms with van der Waals surface area (Å²) in [7, 11) is -3.73. The van der Waals surface area contributed by atoms with Crippen LogP contribution in [0.1, 0.15) is 18.4 Å². The third-order valence-corrected chi connectivity index (χ3v) is 7.76. The van der Waals surface area contributed by atoms with Crippen LogP contribution in [0.4, 0.5) is 11.4 Å². The van der Waals surface area contributed by atoms with E-state index in [1.807, 2.05) is 0 Å². The largest absolute Gasteiger partial charge is 0.311 e. The van der Waals surface area contributed by atoms with Gasteiger partial charge in [-0.2, -0.15) is 4.31 Å². The minimum absolute atomic E-state index is 0.0657. The molecule has 1 saturated heterocycles. The molecule has 2 aromatic carbocycles. The molecule has 2 aliphatic heterocycles. The second kappa shape index (κ2) is 7.98. The molecule has 2 heterocycles. The van der Waals surface area contributed by atoms with Crippen molar-refractivity contribution < 1.29 is 18.1 Å². The van der Waals surface area contributed by atoms with Crippen molar-refractivity contribution in [1.29, 1.82) is 0 Å². The molecule has 0 aliphatic carbocycles. The molecule has 0 N–H and O–H groups in total. The van der Waals surface area contributed by atoms with E-state index in [-0.39, 0.29) is 23.0 Å². The van der Waals surface area contributed by atoms with E-state index in [0.717, 1.165) is 5.56 Å². The Bertz CT molecular complexity index is 1100. The van der Waals surface area contributed by atoms with Crippen molar-refractivity contribution in [3.63, 3.8) is 0 Å². The fourth-order valence-electron chi connectivity index (χ4n) is 4.05. The highest BCUT2D eigenvalue weighted by atomic mass is 35.5. The molecule has 0 radical (unpaired) electrons. The number of fused-ring (bicyclic) bond motifs is 1. The van der Waals surface area contributed by atoms with Crippen LogP contribution in [0.15, 0.2) is 47.4 Å². The molecule has 30 heavy (non-hydrogen) atoms. The molecular formula is C20H20ClN3O5S. The van der Waals surface area contributed by atoms with Crippen LogP contribution < -0.4 is 4.90 Å². The van der Waals surface area contributed by atoms with Gasteiger partial charge in [0, 0.05) is 36.8 Å². The van der Waals surface area contributed by atoms with E-state index in [1.165, 1.54) is 40.7 Å². The highest BCUT2D eigenvalue weighted by Crippen LogP contribution is 2.34. The fourth-order valence-corrected chi connectivity index (χ4v) is 5.70.